The summed E-state index contributed by atoms with van der Waals surface area (Å²) in [6.45, 7) is 1.61. The maximum Gasteiger partial charge on any atom is 0.341 e. The molecule has 0 radical (unpaired) electrons. The van der Waals surface area contributed by atoms with Gasteiger partial charge in [0.1, 0.15) is 22.6 Å². The van der Waals surface area contributed by atoms with Crippen molar-refractivity contribution >= 4 is 28.5 Å². The summed E-state index contributed by atoms with van der Waals surface area (Å²) in [6.07, 6.45) is -0.439. The van der Waals surface area contributed by atoms with Crippen LogP contribution in [-0.2, 0) is 11.3 Å². The van der Waals surface area contributed by atoms with E-state index in [4.69, 9.17) is 16.3 Å². The number of carbonyl (C=O) groups excluding carboxylic acids is 1. The Morgan fingerprint density at radius 3 is 2.81 bits per heavy atom. The van der Waals surface area contributed by atoms with Crippen LogP contribution in [0.3, 0.4) is 0 Å². The van der Waals surface area contributed by atoms with E-state index in [1.807, 2.05) is 0 Å². The molecule has 0 atom stereocenters. The molecule has 0 bridgehead atoms. The highest BCUT2D eigenvalue weighted by molar-refractivity contribution is 6.31. The van der Waals surface area contributed by atoms with E-state index >= 15 is 0 Å². The van der Waals surface area contributed by atoms with Crippen LogP contribution in [0, 0.1) is 5.82 Å². The van der Waals surface area contributed by atoms with Crippen LogP contribution in [0.15, 0.2) is 30.6 Å². The molecule has 3 rings (SSSR count). The molecule has 0 unspecified atom stereocenters. The SMILES string of the molecule is CCOC(=O)c1cn(Cc2cc(F)c3ncc(Cl)cc3c2)nc1C(F)F. The zero-order chi connectivity index (χ0) is 18.8. The second-order valence-electron chi connectivity index (χ2n) is 5.45. The minimum absolute atomic E-state index is 0.0154. The number of alkyl halides is 2. The number of esters is 1. The molecule has 0 fully saturated rings. The molecule has 9 heteroatoms. The minimum Gasteiger partial charge on any atom is -0.462 e. The Balaban J connectivity index is 1.97. The normalized spacial score (nSPS) is 11.3. The molecule has 2 aromatic heterocycles. The average molecular weight is 384 g/mol. The topological polar surface area (TPSA) is 57.0 Å². The van der Waals surface area contributed by atoms with Crippen LogP contribution in [0.25, 0.3) is 10.9 Å². The lowest BCUT2D eigenvalue weighted by atomic mass is 10.1. The van der Waals surface area contributed by atoms with Crippen molar-refractivity contribution in [1.82, 2.24) is 14.8 Å². The average Bonchev–Trinajstić information content (AvgIpc) is 2.99. The number of benzene rings is 1. The first-order valence-electron chi connectivity index (χ1n) is 7.65. The molecule has 0 aliphatic heterocycles. The van der Waals surface area contributed by atoms with Crippen LogP contribution < -0.4 is 0 Å². The van der Waals surface area contributed by atoms with Crippen LogP contribution in [0.2, 0.25) is 5.02 Å². The van der Waals surface area contributed by atoms with E-state index < -0.39 is 23.9 Å². The van der Waals surface area contributed by atoms with E-state index in [1.54, 1.807) is 19.1 Å². The summed E-state index contributed by atoms with van der Waals surface area (Å²) in [5.41, 5.74) is -0.376. The Hall–Kier alpha value is -2.61. The van der Waals surface area contributed by atoms with Crippen molar-refractivity contribution in [1.29, 1.82) is 0 Å². The lowest BCUT2D eigenvalue weighted by molar-refractivity contribution is 0.0515. The summed E-state index contributed by atoms with van der Waals surface area (Å²) in [7, 11) is 0. The number of ether oxygens (including phenoxy) is 1. The van der Waals surface area contributed by atoms with E-state index in [-0.39, 0.29) is 24.2 Å². The highest BCUT2D eigenvalue weighted by Crippen LogP contribution is 2.24. The summed E-state index contributed by atoms with van der Waals surface area (Å²) >= 11 is 5.87. The second kappa shape index (κ2) is 7.33. The van der Waals surface area contributed by atoms with E-state index in [0.29, 0.717) is 16.0 Å². The maximum atomic E-state index is 14.2. The molecule has 1 aromatic carbocycles. The van der Waals surface area contributed by atoms with Gasteiger partial charge in [-0.2, -0.15) is 5.10 Å². The summed E-state index contributed by atoms with van der Waals surface area (Å²) < 4.78 is 46.4. The fourth-order valence-electron chi connectivity index (χ4n) is 2.56. The largest absolute Gasteiger partial charge is 0.462 e. The zero-order valence-corrected chi connectivity index (χ0v) is 14.3. The Morgan fingerprint density at radius 2 is 2.12 bits per heavy atom. The monoisotopic (exact) mass is 383 g/mol. The summed E-state index contributed by atoms with van der Waals surface area (Å²) in [6, 6.07) is 4.41. The summed E-state index contributed by atoms with van der Waals surface area (Å²) in [5.74, 6) is -1.45. The van der Waals surface area contributed by atoms with Crippen molar-refractivity contribution in [2.24, 2.45) is 0 Å². The first-order chi connectivity index (χ1) is 12.4. The Bertz CT molecular complexity index is 975. The molecule has 0 spiro atoms. The first-order valence-corrected chi connectivity index (χ1v) is 8.03. The standard InChI is InChI=1S/C17H13ClF3N3O2/c1-2-26-17(25)12-8-24(23-15(12)16(20)21)7-9-3-10-5-11(18)6-22-14(10)13(19)4-9/h3-6,8,16H,2,7H2,1H3. The Labute approximate surface area is 151 Å². The van der Waals surface area contributed by atoms with E-state index in [9.17, 15) is 18.0 Å². The summed E-state index contributed by atoms with van der Waals surface area (Å²) in [5, 5.41) is 4.55. The number of carbonyl (C=O) groups is 1. The van der Waals surface area contributed by atoms with Gasteiger partial charge in [-0.1, -0.05) is 11.6 Å². The van der Waals surface area contributed by atoms with Crippen molar-refractivity contribution in [3.8, 4) is 0 Å². The molecule has 3 aromatic rings. The Morgan fingerprint density at radius 1 is 1.35 bits per heavy atom. The summed E-state index contributed by atoms with van der Waals surface area (Å²) in [4.78, 5) is 15.7. The number of hydrogen-bond donors (Lipinski definition) is 0. The molecule has 0 saturated heterocycles. The van der Waals surface area contributed by atoms with Crippen molar-refractivity contribution in [2.75, 3.05) is 6.61 Å². The molecule has 5 nitrogen and oxygen atoms in total. The van der Waals surface area contributed by atoms with Gasteiger partial charge in [-0.25, -0.2) is 18.0 Å². The van der Waals surface area contributed by atoms with E-state index in [2.05, 4.69) is 10.1 Å². The number of hydrogen-bond acceptors (Lipinski definition) is 4. The van der Waals surface area contributed by atoms with Gasteiger partial charge in [0.05, 0.1) is 18.2 Å². The van der Waals surface area contributed by atoms with Gasteiger partial charge in [0, 0.05) is 17.8 Å². The molecule has 0 saturated carbocycles. The number of aromatic nitrogens is 3. The first kappa shape index (κ1) is 18.2. The van der Waals surface area contributed by atoms with Crippen LogP contribution in [0.5, 0.6) is 0 Å². The minimum atomic E-state index is -2.94. The van der Waals surface area contributed by atoms with Gasteiger partial charge in [0.2, 0.25) is 0 Å². The molecule has 0 N–H and O–H groups in total. The molecule has 2 heterocycles. The Kier molecular flexibility index (Phi) is 5.13. The molecule has 136 valence electrons. The zero-order valence-electron chi connectivity index (χ0n) is 13.5. The van der Waals surface area contributed by atoms with Gasteiger partial charge in [0.15, 0.2) is 0 Å². The van der Waals surface area contributed by atoms with E-state index in [1.165, 1.54) is 12.3 Å². The molecular weight excluding hydrogens is 371 g/mol. The second-order valence-corrected chi connectivity index (χ2v) is 5.89. The smallest absolute Gasteiger partial charge is 0.341 e. The van der Waals surface area contributed by atoms with Gasteiger partial charge < -0.3 is 4.74 Å². The van der Waals surface area contributed by atoms with Gasteiger partial charge in [0.25, 0.3) is 6.43 Å². The molecule has 26 heavy (non-hydrogen) atoms. The third-order valence-corrected chi connectivity index (χ3v) is 3.81. The lowest BCUT2D eigenvalue weighted by Crippen LogP contribution is -2.06. The lowest BCUT2D eigenvalue weighted by Gasteiger charge is -2.06. The van der Waals surface area contributed by atoms with Crippen molar-refractivity contribution in [2.45, 2.75) is 19.9 Å². The van der Waals surface area contributed by atoms with Crippen molar-refractivity contribution in [3.63, 3.8) is 0 Å². The van der Waals surface area contributed by atoms with Crippen LogP contribution >= 0.6 is 11.6 Å². The van der Waals surface area contributed by atoms with Gasteiger partial charge in [-0.05, 0) is 30.7 Å². The maximum absolute atomic E-state index is 14.2. The van der Waals surface area contributed by atoms with Gasteiger partial charge in [-0.15, -0.1) is 0 Å². The highest BCUT2D eigenvalue weighted by atomic mass is 35.5. The fourth-order valence-corrected chi connectivity index (χ4v) is 2.73. The number of pyridine rings is 1. The van der Waals surface area contributed by atoms with Crippen LogP contribution in [0.1, 0.15) is 35.0 Å². The number of fused-ring (bicyclic) bond motifs is 1. The molecule has 0 aliphatic carbocycles. The predicted molar refractivity (Wildman–Crippen MR) is 89.0 cm³/mol. The molecular formula is C17H13ClF3N3O2. The van der Waals surface area contributed by atoms with Crippen molar-refractivity contribution < 1.29 is 22.7 Å². The molecule has 0 amide bonds. The van der Waals surface area contributed by atoms with E-state index in [0.717, 1.165) is 10.9 Å². The number of rotatable bonds is 5. The predicted octanol–water partition coefficient (Wildman–Crippen LogP) is 4.39. The molecule has 0 aliphatic rings. The quantitative estimate of drug-likeness (QED) is 0.613. The van der Waals surface area contributed by atoms with Crippen LogP contribution in [-0.4, -0.2) is 27.3 Å². The third-order valence-electron chi connectivity index (χ3n) is 3.60. The van der Waals surface area contributed by atoms with Gasteiger partial charge >= 0.3 is 5.97 Å². The number of nitrogens with zero attached hydrogens (tertiary/aromatic N) is 3. The third kappa shape index (κ3) is 3.65. The van der Waals surface area contributed by atoms with Crippen molar-refractivity contribution in [3.05, 3.63) is 58.3 Å². The fraction of sp³-hybridized carbons (Fsp3) is 0.235. The highest BCUT2D eigenvalue weighted by Gasteiger charge is 2.24. The van der Waals surface area contributed by atoms with Crippen LogP contribution in [0.4, 0.5) is 13.2 Å². The van der Waals surface area contributed by atoms with Gasteiger partial charge in [-0.3, -0.25) is 9.67 Å². The number of halogens is 4.